The van der Waals surface area contributed by atoms with E-state index in [1.165, 1.54) is 22.3 Å². The lowest BCUT2D eigenvalue weighted by molar-refractivity contribution is 0.121. The zero-order valence-electron chi connectivity index (χ0n) is 21.3. The first-order valence-electron chi connectivity index (χ1n) is 12.8. The van der Waals surface area contributed by atoms with Crippen LogP contribution in [-0.2, 0) is 58.2 Å². The molecule has 0 unspecified atom stereocenters. The lowest BCUT2D eigenvalue weighted by Gasteiger charge is -2.11. The van der Waals surface area contributed by atoms with Gasteiger partial charge in [0.25, 0.3) is 0 Å². The smallest absolute Gasteiger partial charge is 0.113 e. The number of ether oxygens (including phenoxy) is 4. The van der Waals surface area contributed by atoms with Crippen molar-refractivity contribution in [3.05, 3.63) is 127 Å². The van der Waals surface area contributed by atoms with Gasteiger partial charge < -0.3 is 18.9 Å². The van der Waals surface area contributed by atoms with Gasteiger partial charge in [-0.25, -0.2) is 0 Å². The fourth-order valence-electron chi connectivity index (χ4n) is 4.29. The Morgan fingerprint density at radius 1 is 0.474 bits per heavy atom. The first-order chi connectivity index (χ1) is 18.9. The van der Waals surface area contributed by atoms with Gasteiger partial charge in [0.2, 0.25) is 0 Å². The van der Waals surface area contributed by atoms with Crippen molar-refractivity contribution in [3.63, 3.8) is 0 Å². The third kappa shape index (κ3) is 7.45. The first-order valence-corrected chi connectivity index (χ1v) is 14.7. The second kappa shape index (κ2) is 14.1. The number of hydrogen-bond donors (Lipinski definition) is 0. The summed E-state index contributed by atoms with van der Waals surface area (Å²) in [6.45, 7) is 3.46. The van der Waals surface area contributed by atoms with Crippen LogP contribution in [0.3, 0.4) is 0 Å². The number of hydrogen-bond acceptors (Lipinski definition) is 6. The van der Waals surface area contributed by atoms with Crippen molar-refractivity contribution in [1.29, 1.82) is 0 Å². The van der Waals surface area contributed by atoms with Crippen LogP contribution in [-0.4, -0.2) is 13.2 Å². The van der Waals surface area contributed by atoms with Crippen molar-refractivity contribution in [1.82, 2.24) is 0 Å². The van der Waals surface area contributed by atoms with Crippen LogP contribution in [0.2, 0.25) is 0 Å². The fourth-order valence-corrected chi connectivity index (χ4v) is 6.02. The largest absolute Gasteiger partial charge is 0.496 e. The molecule has 1 aliphatic rings. The zero-order valence-corrected chi connectivity index (χ0v) is 23.0. The summed E-state index contributed by atoms with van der Waals surface area (Å²) in [5.74, 6) is 0. The third-order valence-corrected chi connectivity index (χ3v) is 8.12. The standard InChI is InChI=1S/C32H32O4S2/c1-2-6-26-18-34-14-10-30-22-38-24-32(30)12-16-36-20-28-8-4-3-7-27(28)19-35-15-11-31-23-37-21-29(31)9-13-33-17-25(26)5-1/h1-9,12-13,16,21-24H,10-11,14-15,17-20H2/b13-9-,16-12-. The molecule has 0 N–H and O–H groups in total. The Balaban J connectivity index is 1.29. The van der Waals surface area contributed by atoms with Crippen molar-refractivity contribution < 1.29 is 18.9 Å². The predicted molar refractivity (Wildman–Crippen MR) is 156 cm³/mol. The quantitative estimate of drug-likeness (QED) is 0.225. The molecule has 0 fully saturated rings. The lowest BCUT2D eigenvalue weighted by atomic mass is 10.1. The van der Waals surface area contributed by atoms with E-state index in [4.69, 9.17) is 18.9 Å². The zero-order chi connectivity index (χ0) is 25.8. The van der Waals surface area contributed by atoms with E-state index in [-0.39, 0.29) is 0 Å². The highest BCUT2D eigenvalue weighted by atomic mass is 32.1. The van der Waals surface area contributed by atoms with Gasteiger partial charge in [-0.15, -0.1) is 0 Å². The molecule has 0 radical (unpaired) electrons. The molecule has 196 valence electrons. The summed E-state index contributed by atoms with van der Waals surface area (Å²) in [4.78, 5) is 0. The number of thiophene rings is 2. The van der Waals surface area contributed by atoms with Crippen molar-refractivity contribution in [3.8, 4) is 0 Å². The van der Waals surface area contributed by atoms with Gasteiger partial charge in [-0.2, -0.15) is 22.7 Å². The Labute approximate surface area is 232 Å². The van der Waals surface area contributed by atoms with Gasteiger partial charge in [0.1, 0.15) is 13.2 Å². The van der Waals surface area contributed by atoms with Crippen LogP contribution in [0.1, 0.15) is 44.5 Å². The van der Waals surface area contributed by atoms with Crippen LogP contribution < -0.4 is 0 Å². The van der Waals surface area contributed by atoms with Crippen molar-refractivity contribution in [2.24, 2.45) is 0 Å². The van der Waals surface area contributed by atoms with E-state index in [2.05, 4.69) is 45.8 Å². The van der Waals surface area contributed by atoms with Gasteiger partial charge in [-0.3, -0.25) is 0 Å². The number of benzene rings is 2. The van der Waals surface area contributed by atoms with E-state index >= 15 is 0 Å². The van der Waals surface area contributed by atoms with Crippen LogP contribution in [0, 0.1) is 0 Å². The summed E-state index contributed by atoms with van der Waals surface area (Å²) in [5, 5.41) is 8.68. The maximum absolute atomic E-state index is 6.06. The molecule has 2 aromatic heterocycles. The normalized spacial score (nSPS) is 17.3. The predicted octanol–water partition coefficient (Wildman–Crippen LogP) is 8.02. The van der Waals surface area contributed by atoms with Gasteiger partial charge in [0, 0.05) is 0 Å². The monoisotopic (exact) mass is 544 g/mol. The summed E-state index contributed by atoms with van der Waals surface area (Å²) in [5.41, 5.74) is 9.49. The molecule has 38 heavy (non-hydrogen) atoms. The second-order valence-corrected chi connectivity index (χ2v) is 10.6. The minimum Gasteiger partial charge on any atom is -0.496 e. The molecule has 4 nitrogen and oxygen atoms in total. The van der Waals surface area contributed by atoms with Crippen molar-refractivity contribution in [2.75, 3.05) is 13.2 Å². The van der Waals surface area contributed by atoms with Crippen molar-refractivity contribution in [2.45, 2.75) is 39.3 Å². The van der Waals surface area contributed by atoms with Crippen LogP contribution in [0.25, 0.3) is 12.2 Å². The van der Waals surface area contributed by atoms with E-state index in [0.717, 1.165) is 35.1 Å². The molecule has 4 aromatic rings. The molecular formula is C32H32O4S2. The molecule has 0 spiro atoms. The highest BCUT2D eigenvalue weighted by Gasteiger charge is 2.07. The van der Waals surface area contributed by atoms with Crippen LogP contribution in [0.4, 0.5) is 0 Å². The minimum atomic E-state index is 0.511. The van der Waals surface area contributed by atoms with Crippen LogP contribution >= 0.6 is 22.7 Å². The lowest BCUT2D eigenvalue weighted by Crippen LogP contribution is -2.03. The van der Waals surface area contributed by atoms with Gasteiger partial charge in [-0.1, -0.05) is 48.5 Å². The molecule has 3 heterocycles. The Morgan fingerprint density at radius 3 is 1.34 bits per heavy atom. The molecule has 0 saturated heterocycles. The van der Waals surface area contributed by atoms with E-state index in [1.54, 1.807) is 35.2 Å². The Kier molecular flexibility index (Phi) is 9.83. The summed E-state index contributed by atoms with van der Waals surface area (Å²) >= 11 is 3.40. The summed E-state index contributed by atoms with van der Waals surface area (Å²) < 4.78 is 24.0. The van der Waals surface area contributed by atoms with E-state index < -0.39 is 0 Å². The topological polar surface area (TPSA) is 36.9 Å². The second-order valence-electron chi connectivity index (χ2n) is 9.07. The molecule has 2 aromatic carbocycles. The van der Waals surface area contributed by atoms with Gasteiger partial charge >= 0.3 is 0 Å². The fraction of sp³-hybridized carbons (Fsp3) is 0.250. The Bertz CT molecular complexity index is 1250. The van der Waals surface area contributed by atoms with Crippen LogP contribution in [0.5, 0.6) is 0 Å². The summed E-state index contributed by atoms with van der Waals surface area (Å²) in [6.07, 6.45) is 9.39. The highest BCUT2D eigenvalue weighted by Crippen LogP contribution is 2.21. The third-order valence-electron chi connectivity index (χ3n) is 6.50. The maximum Gasteiger partial charge on any atom is 0.113 e. The SMILES string of the molecule is C1=C\c2cscc2CCOCc2ccccc2CO/C=C\c2cscc2CCOCc2ccccc2CO/1. The molecule has 0 amide bonds. The average molecular weight is 545 g/mol. The van der Waals surface area contributed by atoms with Crippen LogP contribution in [0.15, 0.2) is 82.6 Å². The van der Waals surface area contributed by atoms with Gasteiger partial charge in [0.05, 0.1) is 39.0 Å². The minimum absolute atomic E-state index is 0.511. The maximum atomic E-state index is 6.06. The molecule has 6 heteroatoms. The molecule has 0 atom stereocenters. The molecule has 0 bridgehead atoms. The first kappa shape index (κ1) is 26.4. The Morgan fingerprint density at radius 2 is 0.895 bits per heavy atom. The highest BCUT2D eigenvalue weighted by molar-refractivity contribution is 7.08. The van der Waals surface area contributed by atoms with Gasteiger partial charge in [0.15, 0.2) is 0 Å². The molecule has 0 saturated carbocycles. The molecule has 1 aliphatic heterocycles. The number of rotatable bonds is 0. The van der Waals surface area contributed by atoms with E-state index in [9.17, 15) is 0 Å². The molecular weight excluding hydrogens is 512 g/mol. The van der Waals surface area contributed by atoms with E-state index in [1.807, 2.05) is 36.4 Å². The van der Waals surface area contributed by atoms with Crippen molar-refractivity contribution >= 4 is 34.8 Å². The summed E-state index contributed by atoms with van der Waals surface area (Å²) in [6, 6.07) is 16.6. The average Bonchev–Trinajstić information content (AvgIpc) is 3.59. The molecule has 0 aliphatic carbocycles. The van der Waals surface area contributed by atoms with Gasteiger partial charge in [-0.05, 0) is 91.0 Å². The Hall–Kier alpha value is -3.16. The summed E-state index contributed by atoms with van der Waals surface area (Å²) in [7, 11) is 0. The molecule has 5 rings (SSSR count). The van der Waals surface area contributed by atoms with E-state index in [0.29, 0.717) is 39.6 Å². The number of fused-ring (bicyclic) bond motifs is 4.